The Morgan fingerprint density at radius 1 is 1.45 bits per heavy atom. The third-order valence-corrected chi connectivity index (χ3v) is 5.26. The van der Waals surface area contributed by atoms with Crippen molar-refractivity contribution in [2.24, 2.45) is 0 Å². The van der Waals surface area contributed by atoms with Crippen LogP contribution in [0.1, 0.15) is 19.3 Å². The Hall–Kier alpha value is -1.31. The van der Waals surface area contributed by atoms with Crippen LogP contribution in [0.4, 0.5) is 5.69 Å². The van der Waals surface area contributed by atoms with Crippen LogP contribution in [0.2, 0.25) is 0 Å². The summed E-state index contributed by atoms with van der Waals surface area (Å²) < 4.78 is 31.6. The van der Waals surface area contributed by atoms with Crippen molar-refractivity contribution in [3.63, 3.8) is 0 Å². The summed E-state index contributed by atoms with van der Waals surface area (Å²) in [4.78, 5) is 0.0751. The largest absolute Gasteiger partial charge is 0.506 e. The number of aromatic hydroxyl groups is 1. The smallest absolute Gasteiger partial charge is 0.242 e. The molecule has 2 rings (SSSR count). The second-order valence-electron chi connectivity index (χ2n) is 4.99. The van der Waals surface area contributed by atoms with Crippen molar-refractivity contribution in [2.75, 3.05) is 25.9 Å². The Balaban J connectivity index is 2.13. The van der Waals surface area contributed by atoms with E-state index in [0.29, 0.717) is 13.2 Å². The van der Waals surface area contributed by atoms with Crippen molar-refractivity contribution in [1.29, 1.82) is 0 Å². The Labute approximate surface area is 119 Å². The summed E-state index contributed by atoms with van der Waals surface area (Å²) >= 11 is 0. The first kappa shape index (κ1) is 15.1. The van der Waals surface area contributed by atoms with Crippen LogP contribution in [-0.4, -0.2) is 44.1 Å². The Morgan fingerprint density at radius 3 is 2.80 bits per heavy atom. The maximum Gasteiger partial charge on any atom is 0.242 e. The van der Waals surface area contributed by atoms with Gasteiger partial charge in [0.15, 0.2) is 0 Å². The second-order valence-corrected chi connectivity index (χ2v) is 7.04. The zero-order valence-corrected chi connectivity index (χ0v) is 12.3. The van der Waals surface area contributed by atoms with Crippen molar-refractivity contribution in [1.82, 2.24) is 4.31 Å². The van der Waals surface area contributed by atoms with Crippen molar-refractivity contribution < 1.29 is 18.3 Å². The summed E-state index contributed by atoms with van der Waals surface area (Å²) in [6, 6.07) is 3.90. The number of phenolic OH excluding ortho intramolecular Hbond substituents is 1. The molecule has 0 aliphatic carbocycles. The van der Waals surface area contributed by atoms with Gasteiger partial charge < -0.3 is 15.6 Å². The highest BCUT2D eigenvalue weighted by atomic mass is 32.2. The lowest BCUT2D eigenvalue weighted by Gasteiger charge is -2.27. The molecule has 1 heterocycles. The van der Waals surface area contributed by atoms with Crippen molar-refractivity contribution in [3.8, 4) is 5.75 Å². The number of nitrogens with zero attached hydrogens (tertiary/aromatic N) is 1. The highest BCUT2D eigenvalue weighted by Crippen LogP contribution is 2.25. The van der Waals surface area contributed by atoms with Crippen LogP contribution in [0.15, 0.2) is 23.1 Å². The molecule has 1 aromatic rings. The van der Waals surface area contributed by atoms with E-state index in [0.717, 1.165) is 19.3 Å². The molecule has 0 spiro atoms. The number of ether oxygens (including phenoxy) is 1. The fourth-order valence-electron chi connectivity index (χ4n) is 2.21. The molecule has 0 aromatic heterocycles. The summed E-state index contributed by atoms with van der Waals surface area (Å²) in [5.41, 5.74) is 5.59. The highest BCUT2D eigenvalue weighted by molar-refractivity contribution is 7.89. The molecule has 0 radical (unpaired) electrons. The van der Waals surface area contributed by atoms with Crippen LogP contribution >= 0.6 is 0 Å². The topological polar surface area (TPSA) is 92.9 Å². The minimum atomic E-state index is -3.62. The molecule has 1 aliphatic heterocycles. The molecule has 1 fully saturated rings. The van der Waals surface area contributed by atoms with Gasteiger partial charge in [-0.15, -0.1) is 0 Å². The van der Waals surface area contributed by atoms with E-state index in [1.54, 1.807) is 0 Å². The zero-order valence-electron chi connectivity index (χ0n) is 11.4. The van der Waals surface area contributed by atoms with Crippen LogP contribution in [0.3, 0.4) is 0 Å². The Morgan fingerprint density at radius 2 is 2.20 bits per heavy atom. The van der Waals surface area contributed by atoms with E-state index >= 15 is 0 Å². The monoisotopic (exact) mass is 300 g/mol. The first-order chi connectivity index (χ1) is 9.41. The van der Waals surface area contributed by atoms with Crippen LogP contribution in [0.25, 0.3) is 0 Å². The zero-order chi connectivity index (χ0) is 14.8. The van der Waals surface area contributed by atoms with E-state index in [1.165, 1.54) is 29.6 Å². The van der Waals surface area contributed by atoms with E-state index in [1.807, 2.05) is 0 Å². The van der Waals surface area contributed by atoms with E-state index in [9.17, 15) is 13.5 Å². The lowest BCUT2D eigenvalue weighted by molar-refractivity contribution is 0.00858. The molecule has 1 aliphatic rings. The molecule has 112 valence electrons. The predicted octanol–water partition coefficient (Wildman–Crippen LogP) is 1.16. The molecule has 1 saturated heterocycles. The fraction of sp³-hybridized carbons (Fsp3) is 0.538. The second kappa shape index (κ2) is 5.99. The Kier molecular flexibility index (Phi) is 4.52. The maximum absolute atomic E-state index is 12.4. The molecule has 0 saturated carbocycles. The molecule has 1 atom stereocenters. The third kappa shape index (κ3) is 3.23. The van der Waals surface area contributed by atoms with E-state index in [-0.39, 0.29) is 22.4 Å². The van der Waals surface area contributed by atoms with E-state index < -0.39 is 10.0 Å². The summed E-state index contributed by atoms with van der Waals surface area (Å²) in [5, 5.41) is 9.36. The minimum absolute atomic E-state index is 0.0494. The molecule has 0 amide bonds. The number of benzene rings is 1. The minimum Gasteiger partial charge on any atom is -0.506 e. The first-order valence-corrected chi connectivity index (χ1v) is 8.01. The van der Waals surface area contributed by atoms with Crippen LogP contribution in [-0.2, 0) is 14.8 Å². The van der Waals surface area contributed by atoms with Gasteiger partial charge in [0.1, 0.15) is 5.75 Å². The van der Waals surface area contributed by atoms with Gasteiger partial charge in [0.05, 0.1) is 16.7 Å². The number of nitrogen functional groups attached to an aromatic ring is 1. The summed E-state index contributed by atoms with van der Waals surface area (Å²) in [5.74, 6) is -0.123. The van der Waals surface area contributed by atoms with Crippen molar-refractivity contribution >= 4 is 15.7 Å². The quantitative estimate of drug-likeness (QED) is 0.643. The summed E-state index contributed by atoms with van der Waals surface area (Å²) in [7, 11) is -2.09. The first-order valence-electron chi connectivity index (χ1n) is 6.57. The van der Waals surface area contributed by atoms with Gasteiger partial charge in [-0.25, -0.2) is 8.42 Å². The van der Waals surface area contributed by atoms with Gasteiger partial charge in [0, 0.05) is 20.2 Å². The number of phenols is 1. The van der Waals surface area contributed by atoms with Gasteiger partial charge in [-0.1, -0.05) is 0 Å². The summed E-state index contributed by atoms with van der Waals surface area (Å²) in [6.07, 6.45) is 2.90. The lowest BCUT2D eigenvalue weighted by atomic mass is 10.1. The normalized spacial score (nSPS) is 20.2. The molecule has 7 heteroatoms. The van der Waals surface area contributed by atoms with Crippen LogP contribution in [0.5, 0.6) is 5.75 Å². The van der Waals surface area contributed by atoms with Gasteiger partial charge in [0.25, 0.3) is 0 Å². The molecule has 1 aromatic carbocycles. The average molecular weight is 300 g/mol. The number of anilines is 1. The van der Waals surface area contributed by atoms with Gasteiger partial charge in [-0.05, 0) is 37.5 Å². The number of hydrogen-bond donors (Lipinski definition) is 2. The van der Waals surface area contributed by atoms with Gasteiger partial charge in [0.2, 0.25) is 10.0 Å². The van der Waals surface area contributed by atoms with Gasteiger partial charge in [-0.2, -0.15) is 4.31 Å². The highest BCUT2D eigenvalue weighted by Gasteiger charge is 2.25. The molecular formula is C13H20N2O4S. The Bertz CT molecular complexity index is 568. The summed E-state index contributed by atoms with van der Waals surface area (Å²) in [6.45, 7) is 1.01. The van der Waals surface area contributed by atoms with E-state index in [4.69, 9.17) is 10.5 Å². The number of hydrogen-bond acceptors (Lipinski definition) is 5. The third-order valence-electron chi connectivity index (χ3n) is 3.44. The average Bonchev–Trinajstić information content (AvgIpc) is 2.42. The molecule has 1 unspecified atom stereocenters. The fourth-order valence-corrected chi connectivity index (χ4v) is 3.45. The predicted molar refractivity (Wildman–Crippen MR) is 75.9 cm³/mol. The molecule has 3 N–H and O–H groups in total. The molecule has 0 bridgehead atoms. The van der Waals surface area contributed by atoms with E-state index in [2.05, 4.69) is 0 Å². The van der Waals surface area contributed by atoms with Crippen LogP contribution < -0.4 is 5.73 Å². The standard InChI is InChI=1S/C13H20N2O4S/c1-15(9-10-4-2-3-7-19-10)20(17,18)11-5-6-13(16)12(14)8-11/h5-6,8,10,16H,2-4,7,9,14H2,1H3. The maximum atomic E-state index is 12.4. The molecule has 6 nitrogen and oxygen atoms in total. The van der Waals surface area contributed by atoms with Crippen molar-refractivity contribution in [2.45, 2.75) is 30.3 Å². The number of nitrogens with two attached hydrogens (primary N) is 1. The molecular weight excluding hydrogens is 280 g/mol. The van der Waals surface area contributed by atoms with Crippen LogP contribution in [0, 0.1) is 0 Å². The molecule has 20 heavy (non-hydrogen) atoms. The number of sulfonamides is 1. The van der Waals surface area contributed by atoms with Crippen molar-refractivity contribution in [3.05, 3.63) is 18.2 Å². The van der Waals surface area contributed by atoms with Gasteiger partial charge in [-0.3, -0.25) is 0 Å². The van der Waals surface area contributed by atoms with Gasteiger partial charge >= 0.3 is 0 Å². The lowest BCUT2D eigenvalue weighted by Crippen LogP contribution is -2.37. The SMILES string of the molecule is CN(CC1CCCCO1)S(=O)(=O)c1ccc(O)c(N)c1. The number of likely N-dealkylation sites (N-methyl/N-ethyl adjacent to an activating group) is 1. The number of rotatable bonds is 4.